The molecule has 1 N–H and O–H groups in total. The second-order valence-corrected chi connectivity index (χ2v) is 7.05. The number of aromatic nitrogens is 3. The van der Waals surface area contributed by atoms with Crippen LogP contribution in [0.2, 0.25) is 0 Å². The first kappa shape index (κ1) is 18.9. The van der Waals surface area contributed by atoms with Crippen LogP contribution in [-0.2, 0) is 6.61 Å². The quantitative estimate of drug-likeness (QED) is 0.654. The number of ketones is 1. The van der Waals surface area contributed by atoms with Crippen LogP contribution in [0.15, 0.2) is 60.8 Å². The number of hydrogen-bond acceptors (Lipinski definition) is 5. The van der Waals surface area contributed by atoms with Crippen molar-refractivity contribution in [2.24, 2.45) is 5.92 Å². The van der Waals surface area contributed by atoms with Gasteiger partial charge in [0, 0.05) is 25.2 Å². The maximum Gasteiger partial charge on any atom is 0.274 e. The molecule has 1 amide bonds. The number of likely N-dealkylation sites (tertiary alicyclic amines) is 1. The summed E-state index contributed by atoms with van der Waals surface area (Å²) in [6, 6.07) is 16.5. The Morgan fingerprint density at radius 2 is 1.93 bits per heavy atom. The summed E-state index contributed by atoms with van der Waals surface area (Å²) >= 11 is 0. The molecule has 1 saturated heterocycles. The largest absolute Gasteiger partial charge is 0.487 e. The van der Waals surface area contributed by atoms with E-state index in [1.165, 1.54) is 0 Å². The summed E-state index contributed by atoms with van der Waals surface area (Å²) in [6.07, 6.45) is 3.15. The van der Waals surface area contributed by atoms with Crippen LogP contribution in [0.25, 0.3) is 0 Å². The lowest BCUT2D eigenvalue weighted by molar-refractivity contribution is 0.0630. The molecule has 1 aliphatic heterocycles. The van der Waals surface area contributed by atoms with Gasteiger partial charge in [0.15, 0.2) is 11.5 Å². The summed E-state index contributed by atoms with van der Waals surface area (Å²) < 4.78 is 5.68. The van der Waals surface area contributed by atoms with E-state index in [4.69, 9.17) is 4.74 Å². The van der Waals surface area contributed by atoms with E-state index < -0.39 is 0 Å². The minimum Gasteiger partial charge on any atom is -0.487 e. The number of ether oxygens (including phenoxy) is 1. The average molecular weight is 390 g/mol. The molecule has 1 atom stereocenters. The van der Waals surface area contributed by atoms with Crippen molar-refractivity contribution in [1.29, 1.82) is 0 Å². The number of benzene rings is 1. The molecule has 0 radical (unpaired) electrons. The summed E-state index contributed by atoms with van der Waals surface area (Å²) in [5.41, 5.74) is 1.50. The van der Waals surface area contributed by atoms with Gasteiger partial charge in [-0.05, 0) is 43.2 Å². The molecule has 0 unspecified atom stereocenters. The van der Waals surface area contributed by atoms with Crippen molar-refractivity contribution in [3.63, 3.8) is 0 Å². The standard InChI is InChI=1S/C22H22N4O3/c27-21(19-10-4-5-11-23-19)16-7-6-12-26(14-16)22(28)20-13-17(24-25-20)15-29-18-8-2-1-3-9-18/h1-5,8-11,13,16H,6-7,12,14-15H2,(H,24,25)/t16-/m1/s1. The van der Waals surface area contributed by atoms with Gasteiger partial charge in [-0.3, -0.25) is 19.7 Å². The molecule has 29 heavy (non-hydrogen) atoms. The van der Waals surface area contributed by atoms with Gasteiger partial charge in [-0.15, -0.1) is 0 Å². The van der Waals surface area contributed by atoms with Crippen molar-refractivity contribution in [3.05, 3.63) is 77.9 Å². The molecule has 3 heterocycles. The summed E-state index contributed by atoms with van der Waals surface area (Å²) in [4.78, 5) is 31.4. The molecule has 0 spiro atoms. The molecule has 2 aromatic heterocycles. The number of nitrogens with zero attached hydrogens (tertiary/aromatic N) is 3. The molecule has 3 aromatic rings. The molecular weight excluding hydrogens is 368 g/mol. The van der Waals surface area contributed by atoms with Gasteiger partial charge in [-0.1, -0.05) is 24.3 Å². The van der Waals surface area contributed by atoms with E-state index in [1.807, 2.05) is 30.3 Å². The van der Waals surface area contributed by atoms with Gasteiger partial charge >= 0.3 is 0 Å². The smallest absolute Gasteiger partial charge is 0.274 e. The Morgan fingerprint density at radius 1 is 1.10 bits per heavy atom. The number of para-hydroxylation sites is 1. The molecule has 1 aromatic carbocycles. The van der Waals surface area contributed by atoms with E-state index >= 15 is 0 Å². The van der Waals surface area contributed by atoms with E-state index in [0.29, 0.717) is 31.1 Å². The number of carbonyl (C=O) groups excluding carboxylic acids is 2. The number of pyridine rings is 1. The van der Waals surface area contributed by atoms with Crippen LogP contribution in [0.3, 0.4) is 0 Å². The molecular formula is C22H22N4O3. The number of piperidine rings is 1. The number of nitrogens with one attached hydrogen (secondary N) is 1. The second kappa shape index (κ2) is 8.68. The zero-order chi connectivity index (χ0) is 20.1. The van der Waals surface area contributed by atoms with Crippen molar-refractivity contribution in [1.82, 2.24) is 20.1 Å². The normalized spacial score (nSPS) is 16.4. The summed E-state index contributed by atoms with van der Waals surface area (Å²) in [7, 11) is 0. The molecule has 0 aliphatic carbocycles. The highest BCUT2D eigenvalue weighted by atomic mass is 16.5. The zero-order valence-electron chi connectivity index (χ0n) is 16.0. The first-order chi connectivity index (χ1) is 14.2. The Hall–Kier alpha value is -3.48. The molecule has 0 saturated carbocycles. The Labute approximate surface area is 168 Å². The number of rotatable bonds is 6. The fourth-order valence-electron chi connectivity index (χ4n) is 3.48. The minimum absolute atomic E-state index is 0.0120. The monoisotopic (exact) mass is 390 g/mol. The third-order valence-electron chi connectivity index (χ3n) is 4.98. The third-order valence-corrected chi connectivity index (χ3v) is 4.98. The van der Waals surface area contributed by atoms with Crippen molar-refractivity contribution in [2.45, 2.75) is 19.4 Å². The van der Waals surface area contributed by atoms with E-state index in [9.17, 15) is 9.59 Å². The van der Waals surface area contributed by atoms with Crippen molar-refractivity contribution in [3.8, 4) is 5.75 Å². The number of H-pyrrole nitrogens is 1. The lowest BCUT2D eigenvalue weighted by Gasteiger charge is -2.31. The lowest BCUT2D eigenvalue weighted by atomic mass is 9.91. The maximum absolute atomic E-state index is 12.9. The van der Waals surface area contributed by atoms with Crippen LogP contribution < -0.4 is 4.74 Å². The van der Waals surface area contributed by atoms with Crippen LogP contribution in [0.5, 0.6) is 5.75 Å². The molecule has 0 bridgehead atoms. The van der Waals surface area contributed by atoms with Crippen molar-refractivity contribution < 1.29 is 14.3 Å². The number of hydrogen-bond donors (Lipinski definition) is 1. The number of Topliss-reactive ketones (excluding diaryl/α,β-unsaturated/α-hetero) is 1. The molecule has 4 rings (SSSR count). The second-order valence-electron chi connectivity index (χ2n) is 7.05. The van der Waals surface area contributed by atoms with Gasteiger partial charge in [0.2, 0.25) is 0 Å². The van der Waals surface area contributed by atoms with Crippen LogP contribution in [0.4, 0.5) is 0 Å². The average Bonchev–Trinajstić information content (AvgIpc) is 3.27. The van der Waals surface area contributed by atoms with Crippen LogP contribution in [0, 0.1) is 5.92 Å². The molecule has 1 fully saturated rings. The van der Waals surface area contributed by atoms with Gasteiger partial charge in [-0.25, -0.2) is 0 Å². The molecule has 7 nitrogen and oxygen atoms in total. The van der Waals surface area contributed by atoms with E-state index in [2.05, 4.69) is 15.2 Å². The molecule has 1 aliphatic rings. The number of aromatic amines is 1. The SMILES string of the molecule is O=C(c1ccccn1)[C@@H]1CCCN(C(=O)c2cc(COc3ccccc3)[nH]n2)C1. The van der Waals surface area contributed by atoms with E-state index in [0.717, 1.165) is 24.3 Å². The van der Waals surface area contributed by atoms with Gasteiger partial charge in [0.05, 0.1) is 5.69 Å². The fraction of sp³-hybridized carbons (Fsp3) is 0.273. The van der Waals surface area contributed by atoms with E-state index in [1.54, 1.807) is 35.4 Å². The number of carbonyl (C=O) groups is 2. The molecule has 7 heteroatoms. The topological polar surface area (TPSA) is 88.2 Å². The third kappa shape index (κ3) is 4.51. The predicted molar refractivity (Wildman–Crippen MR) is 107 cm³/mol. The van der Waals surface area contributed by atoms with Gasteiger partial charge in [0.1, 0.15) is 18.1 Å². The van der Waals surface area contributed by atoms with Gasteiger partial charge < -0.3 is 9.64 Å². The first-order valence-electron chi connectivity index (χ1n) is 9.67. The van der Waals surface area contributed by atoms with Crippen molar-refractivity contribution >= 4 is 11.7 Å². The predicted octanol–water partition coefficient (Wildman–Crippen LogP) is 3.12. The Kier molecular flexibility index (Phi) is 5.65. The van der Waals surface area contributed by atoms with Gasteiger partial charge in [-0.2, -0.15) is 5.10 Å². The summed E-state index contributed by atoms with van der Waals surface area (Å²) in [5, 5.41) is 6.99. The van der Waals surface area contributed by atoms with Crippen LogP contribution in [-0.4, -0.2) is 44.9 Å². The summed E-state index contributed by atoms with van der Waals surface area (Å²) in [6.45, 7) is 1.30. The number of amides is 1. The highest BCUT2D eigenvalue weighted by Gasteiger charge is 2.30. The maximum atomic E-state index is 12.9. The zero-order valence-corrected chi connectivity index (χ0v) is 16.0. The minimum atomic E-state index is -0.234. The molecule has 148 valence electrons. The summed E-state index contributed by atoms with van der Waals surface area (Å²) in [5.74, 6) is 0.331. The Morgan fingerprint density at radius 3 is 2.72 bits per heavy atom. The van der Waals surface area contributed by atoms with Gasteiger partial charge in [0.25, 0.3) is 5.91 Å². The Balaban J connectivity index is 1.38. The highest BCUT2D eigenvalue weighted by molar-refractivity contribution is 5.97. The fourth-order valence-corrected chi connectivity index (χ4v) is 3.48. The lowest BCUT2D eigenvalue weighted by Crippen LogP contribution is -2.42. The van der Waals surface area contributed by atoms with Crippen LogP contribution in [0.1, 0.15) is 39.5 Å². The Bertz CT molecular complexity index is 972. The first-order valence-corrected chi connectivity index (χ1v) is 9.67. The van der Waals surface area contributed by atoms with E-state index in [-0.39, 0.29) is 17.6 Å². The highest BCUT2D eigenvalue weighted by Crippen LogP contribution is 2.22. The van der Waals surface area contributed by atoms with Crippen molar-refractivity contribution in [2.75, 3.05) is 13.1 Å². The van der Waals surface area contributed by atoms with Crippen LogP contribution >= 0.6 is 0 Å².